The van der Waals surface area contributed by atoms with Crippen molar-refractivity contribution in [3.63, 3.8) is 0 Å². The van der Waals surface area contributed by atoms with E-state index in [1.54, 1.807) is 49.4 Å². The molecule has 0 aliphatic carbocycles. The van der Waals surface area contributed by atoms with Gasteiger partial charge in [-0.1, -0.05) is 36.4 Å². The van der Waals surface area contributed by atoms with Gasteiger partial charge in [-0.3, -0.25) is 0 Å². The first kappa shape index (κ1) is 20.5. The average Bonchev–Trinajstić information content (AvgIpc) is 2.65. The van der Waals surface area contributed by atoms with Crippen molar-refractivity contribution in [1.29, 1.82) is 0 Å². The Morgan fingerprint density at radius 3 is 2.33 bits per heavy atom. The van der Waals surface area contributed by atoms with Crippen molar-refractivity contribution in [2.45, 2.75) is 19.6 Å². The van der Waals surface area contributed by atoms with Gasteiger partial charge in [-0.2, -0.15) is 13.1 Å². The number of hydrogen-bond acceptors (Lipinski definition) is 6. The monoisotopic (exact) mass is 394 g/mol. The van der Waals surface area contributed by atoms with E-state index in [1.807, 2.05) is 10.8 Å². The Hall–Kier alpha value is -2.78. The molecule has 0 saturated heterocycles. The summed E-state index contributed by atoms with van der Waals surface area (Å²) < 4.78 is 43.7. The van der Waals surface area contributed by atoms with Crippen LogP contribution < -0.4 is 18.9 Å². The van der Waals surface area contributed by atoms with E-state index in [1.165, 1.54) is 14.2 Å². The molecule has 146 valence electrons. The highest BCUT2D eigenvalue weighted by molar-refractivity contribution is 7.88. The zero-order valence-electron chi connectivity index (χ0n) is 15.3. The molecule has 0 aromatic heterocycles. The second kappa shape index (κ2) is 9.24. The molecule has 2 aromatic carbocycles. The Morgan fingerprint density at radius 2 is 1.70 bits per heavy atom. The lowest BCUT2D eigenvalue weighted by atomic mass is 10.1. The van der Waals surface area contributed by atoms with E-state index in [-0.39, 0.29) is 6.61 Å². The van der Waals surface area contributed by atoms with Crippen LogP contribution in [-0.2, 0) is 21.6 Å². The number of amides is 1. The van der Waals surface area contributed by atoms with E-state index >= 15 is 0 Å². The number of hydrogen-bond donors (Lipinski definition) is 2. The van der Waals surface area contributed by atoms with Crippen molar-refractivity contribution in [3.05, 3.63) is 59.7 Å². The number of methoxy groups -OCH3 is 2. The van der Waals surface area contributed by atoms with Crippen molar-refractivity contribution in [2.75, 3.05) is 14.2 Å². The number of nitrogens with one attached hydrogen (secondary N) is 2. The summed E-state index contributed by atoms with van der Waals surface area (Å²) in [6.45, 7) is 1.60. The molecule has 0 radical (unpaired) electrons. The van der Waals surface area contributed by atoms with Crippen LogP contribution in [0, 0.1) is 0 Å². The molecule has 2 rings (SSSR count). The van der Waals surface area contributed by atoms with E-state index in [0.29, 0.717) is 17.1 Å². The molecule has 0 bridgehead atoms. The molecule has 1 atom stereocenters. The molecule has 27 heavy (non-hydrogen) atoms. The van der Waals surface area contributed by atoms with Crippen molar-refractivity contribution in [3.8, 4) is 11.5 Å². The zero-order chi connectivity index (χ0) is 19.9. The molecular formula is C18H22N2O6S. The van der Waals surface area contributed by atoms with Gasteiger partial charge in [0.25, 0.3) is 0 Å². The molecule has 2 N–H and O–H groups in total. The first-order chi connectivity index (χ1) is 12.8. The zero-order valence-corrected chi connectivity index (χ0v) is 16.1. The van der Waals surface area contributed by atoms with Gasteiger partial charge >= 0.3 is 16.3 Å². The molecular weight excluding hydrogens is 372 g/mol. The minimum Gasteiger partial charge on any atom is -0.493 e. The highest BCUT2D eigenvalue weighted by Gasteiger charge is 2.20. The van der Waals surface area contributed by atoms with Gasteiger partial charge in [0, 0.05) is 6.04 Å². The van der Waals surface area contributed by atoms with Crippen LogP contribution in [0.2, 0.25) is 0 Å². The van der Waals surface area contributed by atoms with Crippen LogP contribution in [0.4, 0.5) is 4.79 Å². The first-order valence-corrected chi connectivity index (χ1v) is 9.55. The fourth-order valence-electron chi connectivity index (χ4n) is 2.31. The number of carbonyl (C=O) groups excluding carboxylic acids is 1. The predicted octanol–water partition coefficient (Wildman–Crippen LogP) is 2.53. The van der Waals surface area contributed by atoms with E-state index in [9.17, 15) is 13.2 Å². The van der Waals surface area contributed by atoms with Gasteiger partial charge in [0.1, 0.15) is 6.61 Å². The fraction of sp³-hybridized carbons (Fsp3) is 0.278. The van der Waals surface area contributed by atoms with E-state index in [2.05, 4.69) is 4.72 Å². The van der Waals surface area contributed by atoms with Gasteiger partial charge in [0.15, 0.2) is 11.5 Å². The standard InChI is InChI=1S/C18H22N2O6S/c1-13(15-9-10-16(24-2)17(11-15)25-3)19-27(22,23)20-18(21)26-12-14-7-5-4-6-8-14/h4-11,13,19H,12H2,1-3H3,(H,20,21). The van der Waals surface area contributed by atoms with Crippen LogP contribution in [0.5, 0.6) is 11.5 Å². The Bertz CT molecular complexity index is 871. The fourth-order valence-corrected chi connectivity index (χ4v) is 3.25. The van der Waals surface area contributed by atoms with Crippen LogP contribution in [0.3, 0.4) is 0 Å². The molecule has 9 heteroatoms. The molecule has 0 saturated carbocycles. The summed E-state index contributed by atoms with van der Waals surface area (Å²) >= 11 is 0. The number of benzene rings is 2. The van der Waals surface area contributed by atoms with Crippen molar-refractivity contribution in [1.82, 2.24) is 9.44 Å². The highest BCUT2D eigenvalue weighted by atomic mass is 32.2. The lowest BCUT2D eigenvalue weighted by Crippen LogP contribution is -2.41. The van der Waals surface area contributed by atoms with Gasteiger partial charge < -0.3 is 14.2 Å². The van der Waals surface area contributed by atoms with Gasteiger partial charge in [-0.05, 0) is 30.2 Å². The summed E-state index contributed by atoms with van der Waals surface area (Å²) in [6.07, 6.45) is -1.06. The quantitative estimate of drug-likeness (QED) is 0.713. The largest absolute Gasteiger partial charge is 0.493 e. The third kappa shape index (κ3) is 6.15. The minimum absolute atomic E-state index is 0.0343. The van der Waals surface area contributed by atoms with Gasteiger partial charge in [0.2, 0.25) is 0 Å². The molecule has 0 aliphatic rings. The molecule has 0 spiro atoms. The molecule has 8 nitrogen and oxygen atoms in total. The third-order valence-electron chi connectivity index (χ3n) is 3.67. The van der Waals surface area contributed by atoms with Gasteiger partial charge in [-0.25, -0.2) is 9.52 Å². The van der Waals surface area contributed by atoms with Crippen molar-refractivity contribution >= 4 is 16.3 Å². The maximum Gasteiger partial charge on any atom is 0.422 e. The van der Waals surface area contributed by atoms with E-state index in [4.69, 9.17) is 14.2 Å². The normalized spacial score (nSPS) is 12.1. The third-order valence-corrected chi connectivity index (χ3v) is 4.77. The predicted molar refractivity (Wildman–Crippen MR) is 99.8 cm³/mol. The minimum atomic E-state index is -4.11. The van der Waals surface area contributed by atoms with E-state index in [0.717, 1.165) is 5.56 Å². The van der Waals surface area contributed by atoms with Crippen molar-refractivity contribution in [2.24, 2.45) is 0 Å². The smallest absolute Gasteiger partial charge is 0.422 e. The van der Waals surface area contributed by atoms with Crippen molar-refractivity contribution < 1.29 is 27.4 Å². The summed E-state index contributed by atoms with van der Waals surface area (Å²) in [5.74, 6) is 0.996. The number of ether oxygens (including phenoxy) is 3. The van der Waals surface area contributed by atoms with Gasteiger partial charge in [0.05, 0.1) is 14.2 Å². The number of rotatable bonds is 8. The molecule has 1 amide bonds. The Labute approximate surface area is 158 Å². The molecule has 0 fully saturated rings. The van der Waals surface area contributed by atoms with Crippen LogP contribution >= 0.6 is 0 Å². The maximum absolute atomic E-state index is 12.1. The lowest BCUT2D eigenvalue weighted by molar-refractivity contribution is 0.146. The lowest BCUT2D eigenvalue weighted by Gasteiger charge is -2.17. The second-order valence-corrected chi connectivity index (χ2v) is 7.07. The average molecular weight is 394 g/mol. The Balaban J connectivity index is 1.95. The molecule has 0 aliphatic heterocycles. The maximum atomic E-state index is 12.1. The number of carbonyl (C=O) groups is 1. The molecule has 1 unspecified atom stereocenters. The van der Waals surface area contributed by atoms with E-state index < -0.39 is 22.3 Å². The highest BCUT2D eigenvalue weighted by Crippen LogP contribution is 2.29. The van der Waals surface area contributed by atoms with Crippen LogP contribution in [-0.4, -0.2) is 28.7 Å². The summed E-state index contributed by atoms with van der Waals surface area (Å²) in [6, 6.07) is 13.3. The first-order valence-electron chi connectivity index (χ1n) is 8.07. The molecule has 2 aromatic rings. The van der Waals surface area contributed by atoms with Gasteiger partial charge in [-0.15, -0.1) is 0 Å². The van der Waals surface area contributed by atoms with Crippen LogP contribution in [0.25, 0.3) is 0 Å². The van der Waals surface area contributed by atoms with Crippen LogP contribution in [0.1, 0.15) is 24.1 Å². The Morgan fingerprint density at radius 1 is 1.04 bits per heavy atom. The molecule has 0 heterocycles. The second-order valence-electron chi connectivity index (χ2n) is 5.62. The van der Waals surface area contributed by atoms with Crippen LogP contribution in [0.15, 0.2) is 48.5 Å². The Kier molecular flexibility index (Phi) is 7.03. The summed E-state index contributed by atoms with van der Waals surface area (Å²) in [7, 11) is -1.12. The summed E-state index contributed by atoms with van der Waals surface area (Å²) in [5, 5.41) is 0. The summed E-state index contributed by atoms with van der Waals surface area (Å²) in [4.78, 5) is 11.7. The summed E-state index contributed by atoms with van der Waals surface area (Å²) in [5.41, 5.74) is 1.38. The SMILES string of the molecule is COc1ccc(C(C)NS(=O)(=O)NC(=O)OCc2ccccc2)cc1OC. The topological polar surface area (TPSA) is 103 Å².